The summed E-state index contributed by atoms with van der Waals surface area (Å²) in [5, 5.41) is 5.25. The summed E-state index contributed by atoms with van der Waals surface area (Å²) in [6.45, 7) is 0.850. The fourth-order valence-electron chi connectivity index (χ4n) is 6.65. The quantitative estimate of drug-likeness (QED) is 0.202. The van der Waals surface area contributed by atoms with E-state index >= 15 is 0 Å². The Hall–Kier alpha value is -4.71. The lowest BCUT2D eigenvalue weighted by Crippen LogP contribution is -2.23. The molecule has 206 valence electrons. The first kappa shape index (κ1) is 24.8. The molecule has 0 unspecified atom stereocenters. The Morgan fingerprint density at radius 2 is 1.33 bits per heavy atom. The number of fused-ring (bicyclic) bond motifs is 8. The minimum atomic E-state index is 0.850. The Balaban J connectivity index is 1.20. The number of hydrogen-bond donors (Lipinski definition) is 0. The first-order valence-corrected chi connectivity index (χ1v) is 16.2. The van der Waals surface area contributed by atoms with Crippen LogP contribution in [0.2, 0.25) is 0 Å². The molecule has 43 heavy (non-hydrogen) atoms. The van der Waals surface area contributed by atoms with E-state index in [1.54, 1.807) is 0 Å². The zero-order valence-electron chi connectivity index (χ0n) is 23.6. The standard InChI is InChI=1S/C38H27N3S2/c1-39-24-40(33-16-7-6-15-32(33)39)26-12-9-13-27(22-26)42-28-18-19-29-30-20-21-36-37(31-14-5-8-17-35(31)43-36)38(30)41(34(29)23-28)25-10-3-2-4-11-25/h2-23H,24H2,1H3. The van der Waals surface area contributed by atoms with E-state index in [9.17, 15) is 0 Å². The average molecular weight is 590 g/mol. The summed E-state index contributed by atoms with van der Waals surface area (Å²) in [6.07, 6.45) is 0. The Bertz CT molecular complexity index is 2330. The molecule has 0 bridgehead atoms. The molecule has 6 aromatic carbocycles. The van der Waals surface area contributed by atoms with Crippen LogP contribution in [0.3, 0.4) is 0 Å². The molecule has 0 spiro atoms. The predicted octanol–water partition coefficient (Wildman–Crippen LogP) is 10.8. The Morgan fingerprint density at radius 3 is 2.23 bits per heavy atom. The van der Waals surface area contributed by atoms with Gasteiger partial charge in [0, 0.05) is 59.2 Å². The van der Waals surface area contributed by atoms with Gasteiger partial charge >= 0.3 is 0 Å². The number of para-hydroxylation sites is 3. The first-order valence-electron chi connectivity index (χ1n) is 14.5. The zero-order valence-corrected chi connectivity index (χ0v) is 25.2. The average Bonchev–Trinajstić information content (AvgIpc) is 3.70. The third-order valence-electron chi connectivity index (χ3n) is 8.56. The molecule has 0 saturated heterocycles. The number of anilines is 3. The topological polar surface area (TPSA) is 11.4 Å². The van der Waals surface area contributed by atoms with Crippen LogP contribution in [0.4, 0.5) is 17.1 Å². The van der Waals surface area contributed by atoms with Gasteiger partial charge in [-0.15, -0.1) is 11.3 Å². The van der Waals surface area contributed by atoms with E-state index in [-0.39, 0.29) is 0 Å². The van der Waals surface area contributed by atoms with Crippen LogP contribution in [-0.2, 0) is 0 Å². The van der Waals surface area contributed by atoms with Crippen molar-refractivity contribution in [1.82, 2.24) is 4.57 Å². The molecule has 0 atom stereocenters. The van der Waals surface area contributed by atoms with Crippen molar-refractivity contribution in [2.45, 2.75) is 9.79 Å². The van der Waals surface area contributed by atoms with Gasteiger partial charge in [-0.3, -0.25) is 0 Å². The van der Waals surface area contributed by atoms with Gasteiger partial charge in [0.1, 0.15) is 0 Å². The monoisotopic (exact) mass is 589 g/mol. The van der Waals surface area contributed by atoms with Crippen LogP contribution in [0.15, 0.2) is 143 Å². The van der Waals surface area contributed by atoms with Crippen molar-refractivity contribution in [1.29, 1.82) is 0 Å². The molecule has 1 aliphatic heterocycles. The molecule has 0 aliphatic carbocycles. The van der Waals surface area contributed by atoms with Crippen molar-refractivity contribution in [3.63, 3.8) is 0 Å². The fourth-order valence-corrected chi connectivity index (χ4v) is 8.67. The number of rotatable bonds is 4. The third kappa shape index (κ3) is 3.89. The van der Waals surface area contributed by atoms with Gasteiger partial charge in [-0.25, -0.2) is 0 Å². The second kappa shape index (κ2) is 9.66. The number of benzene rings is 6. The lowest BCUT2D eigenvalue weighted by Gasteiger charge is -2.20. The van der Waals surface area contributed by atoms with E-state index in [1.165, 1.54) is 74.5 Å². The summed E-state index contributed by atoms with van der Waals surface area (Å²) >= 11 is 3.71. The summed E-state index contributed by atoms with van der Waals surface area (Å²) in [5.41, 5.74) is 7.46. The van der Waals surface area contributed by atoms with Crippen molar-refractivity contribution < 1.29 is 0 Å². The summed E-state index contributed by atoms with van der Waals surface area (Å²) in [5.74, 6) is 0. The number of thiophene rings is 1. The van der Waals surface area contributed by atoms with E-state index < -0.39 is 0 Å². The molecule has 0 saturated carbocycles. The molecule has 1 aliphatic rings. The highest BCUT2D eigenvalue weighted by molar-refractivity contribution is 7.99. The van der Waals surface area contributed by atoms with E-state index in [2.05, 4.69) is 155 Å². The van der Waals surface area contributed by atoms with E-state index in [0.29, 0.717) is 0 Å². The molecule has 9 rings (SSSR count). The van der Waals surface area contributed by atoms with Gasteiger partial charge in [0.25, 0.3) is 0 Å². The molecule has 0 N–H and O–H groups in total. The highest BCUT2D eigenvalue weighted by Crippen LogP contribution is 2.45. The van der Waals surface area contributed by atoms with Crippen molar-refractivity contribution in [2.24, 2.45) is 0 Å². The number of aromatic nitrogens is 1. The highest BCUT2D eigenvalue weighted by Gasteiger charge is 2.24. The minimum absolute atomic E-state index is 0.850. The van der Waals surface area contributed by atoms with Crippen LogP contribution in [0.1, 0.15) is 0 Å². The fraction of sp³-hybridized carbons (Fsp3) is 0.0526. The van der Waals surface area contributed by atoms with Gasteiger partial charge < -0.3 is 14.4 Å². The van der Waals surface area contributed by atoms with Crippen LogP contribution in [0.5, 0.6) is 0 Å². The Labute approximate surface area is 258 Å². The Morgan fingerprint density at radius 1 is 0.581 bits per heavy atom. The van der Waals surface area contributed by atoms with Crippen molar-refractivity contribution in [3.05, 3.63) is 133 Å². The normalized spacial score (nSPS) is 13.1. The molecule has 0 fully saturated rings. The highest BCUT2D eigenvalue weighted by atomic mass is 32.2. The summed E-state index contributed by atoms with van der Waals surface area (Å²) < 4.78 is 5.14. The summed E-state index contributed by atoms with van der Waals surface area (Å²) in [4.78, 5) is 7.17. The second-order valence-corrected chi connectivity index (χ2v) is 13.4. The molecule has 5 heteroatoms. The predicted molar refractivity (Wildman–Crippen MR) is 186 cm³/mol. The molecule has 0 radical (unpaired) electrons. The summed E-state index contributed by atoms with van der Waals surface area (Å²) in [7, 11) is 2.16. The van der Waals surface area contributed by atoms with Gasteiger partial charge in [0.2, 0.25) is 0 Å². The maximum Gasteiger partial charge on any atom is 0.0950 e. The SMILES string of the molecule is CN1CN(c2cccc(Sc3ccc4c5ccc6sc7ccccc7c6c5n(-c5ccccc5)c4c3)c2)c2ccccc21. The molecule has 0 amide bonds. The van der Waals surface area contributed by atoms with Crippen LogP contribution in [-0.4, -0.2) is 18.3 Å². The lowest BCUT2D eigenvalue weighted by molar-refractivity contribution is 0.948. The van der Waals surface area contributed by atoms with Gasteiger partial charge in [0.05, 0.1) is 29.1 Å². The molecule has 3 heterocycles. The van der Waals surface area contributed by atoms with E-state index in [0.717, 1.165) is 6.67 Å². The Kier molecular flexibility index (Phi) is 5.58. The summed E-state index contributed by atoms with van der Waals surface area (Å²) in [6, 6.07) is 48.8. The molecule has 8 aromatic rings. The molecular weight excluding hydrogens is 563 g/mol. The van der Waals surface area contributed by atoms with Gasteiger partial charge in [-0.05, 0) is 66.7 Å². The van der Waals surface area contributed by atoms with E-state index in [4.69, 9.17) is 0 Å². The van der Waals surface area contributed by atoms with Gasteiger partial charge in [-0.1, -0.05) is 78.5 Å². The smallest absolute Gasteiger partial charge is 0.0950 e. The maximum absolute atomic E-state index is 2.48. The van der Waals surface area contributed by atoms with Crippen molar-refractivity contribution in [2.75, 3.05) is 23.5 Å². The third-order valence-corrected chi connectivity index (χ3v) is 10.7. The minimum Gasteiger partial charge on any atom is -0.355 e. The first-order chi connectivity index (χ1) is 21.2. The zero-order chi connectivity index (χ0) is 28.5. The molecular formula is C38H27N3S2. The van der Waals surface area contributed by atoms with Gasteiger partial charge in [-0.2, -0.15) is 0 Å². The van der Waals surface area contributed by atoms with E-state index in [1.807, 2.05) is 23.1 Å². The number of hydrogen-bond acceptors (Lipinski definition) is 4. The van der Waals surface area contributed by atoms with Crippen molar-refractivity contribution in [3.8, 4) is 5.69 Å². The van der Waals surface area contributed by atoms with Crippen LogP contribution in [0, 0.1) is 0 Å². The van der Waals surface area contributed by atoms with Crippen LogP contribution >= 0.6 is 23.1 Å². The second-order valence-electron chi connectivity index (χ2n) is 11.1. The molecule has 3 nitrogen and oxygen atoms in total. The van der Waals surface area contributed by atoms with Crippen LogP contribution < -0.4 is 9.80 Å². The van der Waals surface area contributed by atoms with Gasteiger partial charge in [0.15, 0.2) is 0 Å². The molecule has 2 aromatic heterocycles. The maximum atomic E-state index is 2.48. The van der Waals surface area contributed by atoms with Crippen LogP contribution in [0.25, 0.3) is 47.7 Å². The lowest BCUT2D eigenvalue weighted by atomic mass is 10.1. The van der Waals surface area contributed by atoms with Crippen molar-refractivity contribution >= 4 is 82.1 Å². The largest absolute Gasteiger partial charge is 0.355 e. The number of nitrogens with zero attached hydrogens (tertiary/aromatic N) is 3.